The molecule has 25 heavy (non-hydrogen) atoms. The summed E-state index contributed by atoms with van der Waals surface area (Å²) in [7, 11) is 0. The summed E-state index contributed by atoms with van der Waals surface area (Å²) in [6.07, 6.45) is -2.65. The van der Waals surface area contributed by atoms with Crippen LogP contribution in [0, 0.1) is 11.3 Å². The molecule has 128 valence electrons. The minimum Gasteiger partial charge on any atom is -0.452 e. The Labute approximate surface area is 149 Å². The second kappa shape index (κ2) is 5.67. The van der Waals surface area contributed by atoms with Gasteiger partial charge in [-0.1, -0.05) is 0 Å². The van der Waals surface area contributed by atoms with Crippen LogP contribution in [-0.2, 0) is 12.7 Å². The Morgan fingerprint density at radius 1 is 1.24 bits per heavy atom. The van der Waals surface area contributed by atoms with Crippen molar-refractivity contribution in [1.29, 1.82) is 5.26 Å². The summed E-state index contributed by atoms with van der Waals surface area (Å²) in [5.41, 5.74) is 0.137. The van der Waals surface area contributed by atoms with Gasteiger partial charge in [-0.2, -0.15) is 18.4 Å². The predicted octanol–water partition coefficient (Wildman–Crippen LogP) is 5.81. The normalized spacial score (nSPS) is 14.8. The lowest BCUT2D eigenvalue weighted by molar-refractivity contribution is -0.136. The fourth-order valence-electron chi connectivity index (χ4n) is 3.24. The van der Waals surface area contributed by atoms with Gasteiger partial charge < -0.3 is 8.98 Å². The number of benzene rings is 1. The molecule has 1 aromatic carbocycles. The van der Waals surface area contributed by atoms with Crippen LogP contribution in [0.15, 0.2) is 39.4 Å². The molecule has 0 N–H and O–H groups in total. The summed E-state index contributed by atoms with van der Waals surface area (Å²) in [6, 6.07) is 9.64. The van der Waals surface area contributed by atoms with Gasteiger partial charge in [-0.25, -0.2) is 0 Å². The van der Waals surface area contributed by atoms with Crippen LogP contribution in [0.4, 0.5) is 13.2 Å². The Bertz CT molecular complexity index is 1010. The zero-order valence-corrected chi connectivity index (χ0v) is 14.5. The van der Waals surface area contributed by atoms with Crippen molar-refractivity contribution < 1.29 is 17.6 Å². The maximum absolute atomic E-state index is 13.6. The first-order valence-electron chi connectivity index (χ1n) is 7.76. The van der Waals surface area contributed by atoms with Gasteiger partial charge in [-0.05, 0) is 65.0 Å². The van der Waals surface area contributed by atoms with Crippen LogP contribution >= 0.6 is 15.9 Å². The molecule has 4 rings (SSSR count). The number of hydrogen-bond donors (Lipinski definition) is 0. The van der Waals surface area contributed by atoms with Crippen molar-refractivity contribution in [3.8, 4) is 6.07 Å². The summed E-state index contributed by atoms with van der Waals surface area (Å²) >= 11 is 3.24. The van der Waals surface area contributed by atoms with Crippen molar-refractivity contribution in [3.05, 3.63) is 57.6 Å². The Morgan fingerprint density at radius 3 is 2.56 bits per heavy atom. The number of nitriles is 1. The van der Waals surface area contributed by atoms with Gasteiger partial charge in [0.2, 0.25) is 0 Å². The van der Waals surface area contributed by atoms with Crippen molar-refractivity contribution in [2.24, 2.45) is 0 Å². The Kier molecular flexibility index (Phi) is 3.69. The third-order valence-corrected chi connectivity index (χ3v) is 4.89. The van der Waals surface area contributed by atoms with Gasteiger partial charge >= 0.3 is 6.18 Å². The first-order chi connectivity index (χ1) is 11.9. The summed E-state index contributed by atoms with van der Waals surface area (Å²) in [6.45, 7) is 0.351. The molecule has 0 radical (unpaired) electrons. The molecule has 0 unspecified atom stereocenters. The molecule has 0 saturated heterocycles. The number of halogens is 4. The quantitative estimate of drug-likeness (QED) is 0.548. The minimum absolute atomic E-state index is 0.0825. The van der Waals surface area contributed by atoms with Crippen molar-refractivity contribution >= 4 is 26.8 Å². The van der Waals surface area contributed by atoms with Gasteiger partial charge in [0.05, 0.1) is 23.7 Å². The zero-order chi connectivity index (χ0) is 17.8. The van der Waals surface area contributed by atoms with E-state index in [2.05, 4.69) is 15.9 Å². The third kappa shape index (κ3) is 2.85. The standard InChI is InChI=1S/C18H12BrF3N2O/c19-16-6-4-12(25-16)9-24-14-5-3-11(8-23)17(18(20,21)22)13(14)7-15(24)10-1-2-10/h3-7,10H,1-2,9H2. The van der Waals surface area contributed by atoms with Gasteiger partial charge in [-0.15, -0.1) is 0 Å². The third-order valence-electron chi connectivity index (χ3n) is 4.46. The molecule has 7 heteroatoms. The molecule has 3 nitrogen and oxygen atoms in total. The lowest BCUT2D eigenvalue weighted by atomic mass is 10.0. The van der Waals surface area contributed by atoms with E-state index in [0.29, 0.717) is 22.5 Å². The fourth-order valence-corrected chi connectivity index (χ4v) is 3.58. The van der Waals surface area contributed by atoms with Crippen LogP contribution in [0.5, 0.6) is 0 Å². The van der Waals surface area contributed by atoms with Crippen molar-refractivity contribution in [1.82, 2.24) is 4.57 Å². The lowest BCUT2D eigenvalue weighted by Crippen LogP contribution is -2.09. The summed E-state index contributed by atoms with van der Waals surface area (Å²) < 4.78 is 48.7. The minimum atomic E-state index is -4.58. The van der Waals surface area contributed by atoms with Gasteiger partial charge in [0.15, 0.2) is 4.67 Å². The van der Waals surface area contributed by atoms with E-state index in [4.69, 9.17) is 9.68 Å². The second-order valence-corrected chi connectivity index (χ2v) is 6.95. The number of rotatable bonds is 3. The molecule has 1 aliphatic carbocycles. The van der Waals surface area contributed by atoms with Crippen LogP contribution in [0.3, 0.4) is 0 Å². The molecular weight excluding hydrogens is 397 g/mol. The van der Waals surface area contributed by atoms with E-state index in [1.807, 2.05) is 4.57 Å². The summed E-state index contributed by atoms with van der Waals surface area (Å²) in [4.78, 5) is 0. The second-order valence-electron chi connectivity index (χ2n) is 6.17. The number of fused-ring (bicyclic) bond motifs is 1. The van der Waals surface area contributed by atoms with Crippen LogP contribution in [-0.4, -0.2) is 4.57 Å². The Morgan fingerprint density at radius 2 is 2.00 bits per heavy atom. The van der Waals surface area contributed by atoms with E-state index in [1.54, 1.807) is 30.3 Å². The van der Waals surface area contributed by atoms with E-state index < -0.39 is 11.7 Å². The molecule has 0 aliphatic heterocycles. The number of hydrogen-bond acceptors (Lipinski definition) is 2. The molecular formula is C18H12BrF3N2O. The topological polar surface area (TPSA) is 41.9 Å². The predicted molar refractivity (Wildman–Crippen MR) is 89.1 cm³/mol. The largest absolute Gasteiger partial charge is 0.452 e. The SMILES string of the molecule is N#Cc1ccc2c(cc(C3CC3)n2Cc2ccc(Br)o2)c1C(F)(F)F. The monoisotopic (exact) mass is 408 g/mol. The Balaban J connectivity index is 1.95. The molecule has 2 heterocycles. The van der Waals surface area contributed by atoms with E-state index in [-0.39, 0.29) is 16.9 Å². The smallest absolute Gasteiger partial charge is 0.418 e. The van der Waals surface area contributed by atoms with Crippen LogP contribution in [0.1, 0.15) is 41.3 Å². The molecule has 3 aromatic rings. The highest BCUT2D eigenvalue weighted by molar-refractivity contribution is 9.10. The highest BCUT2D eigenvalue weighted by atomic mass is 79.9. The summed E-state index contributed by atoms with van der Waals surface area (Å²) in [5, 5.41) is 9.18. The Hall–Kier alpha value is -2.20. The van der Waals surface area contributed by atoms with E-state index in [9.17, 15) is 13.2 Å². The molecule has 2 aromatic heterocycles. The molecule has 1 aliphatic rings. The fraction of sp³-hybridized carbons (Fsp3) is 0.278. The van der Waals surface area contributed by atoms with Crippen LogP contribution in [0.25, 0.3) is 10.9 Å². The van der Waals surface area contributed by atoms with Gasteiger partial charge in [0.25, 0.3) is 0 Å². The maximum atomic E-state index is 13.6. The van der Waals surface area contributed by atoms with E-state index in [1.165, 1.54) is 6.07 Å². The molecule has 0 spiro atoms. The average Bonchev–Trinajstić information content (AvgIpc) is 3.22. The number of furan rings is 1. The molecule has 0 atom stereocenters. The van der Waals surface area contributed by atoms with E-state index in [0.717, 1.165) is 18.5 Å². The van der Waals surface area contributed by atoms with Crippen molar-refractivity contribution in [3.63, 3.8) is 0 Å². The number of aromatic nitrogens is 1. The van der Waals surface area contributed by atoms with Crippen LogP contribution in [0.2, 0.25) is 0 Å². The first-order valence-corrected chi connectivity index (χ1v) is 8.55. The average molecular weight is 409 g/mol. The molecule has 0 amide bonds. The summed E-state index contributed by atoms with van der Waals surface area (Å²) in [5.74, 6) is 0.918. The van der Waals surface area contributed by atoms with Gasteiger partial charge in [0, 0.05) is 16.6 Å². The van der Waals surface area contributed by atoms with Crippen LogP contribution < -0.4 is 0 Å². The lowest BCUT2D eigenvalue weighted by Gasteiger charge is -2.12. The van der Waals surface area contributed by atoms with E-state index >= 15 is 0 Å². The van der Waals surface area contributed by atoms with Gasteiger partial charge in [0.1, 0.15) is 5.76 Å². The molecule has 1 saturated carbocycles. The highest BCUT2D eigenvalue weighted by Gasteiger charge is 2.38. The number of nitrogens with zero attached hydrogens (tertiary/aromatic N) is 2. The van der Waals surface area contributed by atoms with Crippen molar-refractivity contribution in [2.75, 3.05) is 0 Å². The van der Waals surface area contributed by atoms with Crippen molar-refractivity contribution in [2.45, 2.75) is 31.5 Å². The first kappa shape index (κ1) is 16.3. The maximum Gasteiger partial charge on any atom is 0.418 e. The zero-order valence-electron chi connectivity index (χ0n) is 12.9. The van der Waals surface area contributed by atoms with Gasteiger partial charge in [-0.3, -0.25) is 0 Å². The number of alkyl halides is 3. The highest BCUT2D eigenvalue weighted by Crippen LogP contribution is 2.45. The molecule has 1 fully saturated rings. The molecule has 0 bridgehead atoms.